The largest absolute Gasteiger partial charge is 0.329 e. The molecule has 1 aromatic carbocycles. The van der Waals surface area contributed by atoms with Gasteiger partial charge in [0.05, 0.1) is 6.04 Å². The third-order valence-corrected chi connectivity index (χ3v) is 3.34. The highest BCUT2D eigenvalue weighted by atomic mass is 16.1. The lowest BCUT2D eigenvalue weighted by Gasteiger charge is -2.14. The van der Waals surface area contributed by atoms with Crippen molar-refractivity contribution in [2.24, 2.45) is 0 Å². The SMILES string of the molecule is CCc1ccc(C(=O)C(C)n2cccc2C#N)cc1. The van der Waals surface area contributed by atoms with E-state index in [1.54, 1.807) is 22.9 Å². The number of carbonyl (C=O) groups excluding carboxylic acids is 1. The third kappa shape index (κ3) is 2.58. The van der Waals surface area contributed by atoms with Crippen LogP contribution in [0.5, 0.6) is 0 Å². The number of rotatable bonds is 4. The Hall–Kier alpha value is -2.34. The minimum Gasteiger partial charge on any atom is -0.329 e. The van der Waals surface area contributed by atoms with Gasteiger partial charge in [-0.25, -0.2) is 0 Å². The van der Waals surface area contributed by atoms with Gasteiger partial charge in [0.25, 0.3) is 0 Å². The number of Topliss-reactive ketones (excluding diaryl/α,β-unsaturated/α-hetero) is 1. The van der Waals surface area contributed by atoms with Gasteiger partial charge in [-0.15, -0.1) is 0 Å². The molecule has 1 aromatic heterocycles. The van der Waals surface area contributed by atoms with Crippen molar-refractivity contribution in [3.8, 4) is 6.07 Å². The summed E-state index contributed by atoms with van der Waals surface area (Å²) in [6, 6.07) is 12.9. The summed E-state index contributed by atoms with van der Waals surface area (Å²) < 4.78 is 1.70. The van der Waals surface area contributed by atoms with Gasteiger partial charge in [0.1, 0.15) is 11.8 Å². The maximum Gasteiger partial charge on any atom is 0.185 e. The van der Waals surface area contributed by atoms with Crippen molar-refractivity contribution in [2.75, 3.05) is 0 Å². The first-order valence-corrected chi connectivity index (χ1v) is 6.37. The van der Waals surface area contributed by atoms with E-state index in [2.05, 4.69) is 13.0 Å². The molecule has 0 aliphatic heterocycles. The zero-order valence-electron chi connectivity index (χ0n) is 11.1. The lowest BCUT2D eigenvalue weighted by atomic mass is 10.0. The smallest absolute Gasteiger partial charge is 0.185 e. The highest BCUT2D eigenvalue weighted by molar-refractivity contribution is 5.98. The van der Waals surface area contributed by atoms with Crippen molar-refractivity contribution < 1.29 is 4.79 Å². The fourth-order valence-electron chi connectivity index (χ4n) is 2.10. The molecule has 0 bridgehead atoms. The van der Waals surface area contributed by atoms with E-state index in [1.807, 2.05) is 31.2 Å². The number of nitriles is 1. The standard InChI is InChI=1S/C16H16N2O/c1-3-13-6-8-14(9-7-13)16(19)12(2)18-10-4-5-15(18)11-17/h4-10,12H,3H2,1-2H3. The Balaban J connectivity index is 2.26. The normalized spacial score (nSPS) is 11.8. The molecule has 96 valence electrons. The summed E-state index contributed by atoms with van der Waals surface area (Å²) in [5, 5.41) is 8.99. The molecule has 1 heterocycles. The van der Waals surface area contributed by atoms with Crippen LogP contribution in [0.25, 0.3) is 0 Å². The van der Waals surface area contributed by atoms with E-state index in [-0.39, 0.29) is 11.8 Å². The van der Waals surface area contributed by atoms with Gasteiger partial charge >= 0.3 is 0 Å². The highest BCUT2D eigenvalue weighted by Crippen LogP contribution is 2.17. The Labute approximate surface area is 113 Å². The molecule has 1 unspecified atom stereocenters. The Morgan fingerprint density at radius 3 is 2.58 bits per heavy atom. The number of hydrogen-bond acceptors (Lipinski definition) is 2. The van der Waals surface area contributed by atoms with Gasteiger partial charge in [0.2, 0.25) is 0 Å². The summed E-state index contributed by atoms with van der Waals surface area (Å²) in [5.41, 5.74) is 2.40. The predicted molar refractivity (Wildman–Crippen MR) is 74.0 cm³/mol. The lowest BCUT2D eigenvalue weighted by Crippen LogP contribution is -2.17. The fourth-order valence-corrected chi connectivity index (χ4v) is 2.10. The number of carbonyl (C=O) groups is 1. The maximum absolute atomic E-state index is 12.4. The van der Waals surface area contributed by atoms with E-state index in [0.29, 0.717) is 11.3 Å². The van der Waals surface area contributed by atoms with Crippen molar-refractivity contribution >= 4 is 5.78 Å². The topological polar surface area (TPSA) is 45.8 Å². The first kappa shape index (κ1) is 13.1. The third-order valence-electron chi connectivity index (χ3n) is 3.34. The van der Waals surface area contributed by atoms with E-state index in [4.69, 9.17) is 5.26 Å². The molecule has 3 nitrogen and oxygen atoms in total. The van der Waals surface area contributed by atoms with E-state index in [0.717, 1.165) is 6.42 Å². The van der Waals surface area contributed by atoms with E-state index >= 15 is 0 Å². The molecule has 0 N–H and O–H groups in total. The minimum atomic E-state index is -0.364. The van der Waals surface area contributed by atoms with Crippen molar-refractivity contribution in [2.45, 2.75) is 26.3 Å². The number of hydrogen-bond donors (Lipinski definition) is 0. The number of nitrogens with zero attached hydrogens (tertiary/aromatic N) is 2. The molecule has 0 fully saturated rings. The first-order valence-electron chi connectivity index (χ1n) is 6.37. The minimum absolute atomic E-state index is 0.0235. The van der Waals surface area contributed by atoms with Crippen LogP contribution in [0, 0.1) is 11.3 Å². The molecule has 1 atom stereocenters. The van der Waals surface area contributed by atoms with Gasteiger partial charge in [0, 0.05) is 11.8 Å². The highest BCUT2D eigenvalue weighted by Gasteiger charge is 2.18. The molecule has 0 saturated carbocycles. The average molecular weight is 252 g/mol. The van der Waals surface area contributed by atoms with Crippen LogP contribution in [0.15, 0.2) is 42.6 Å². The zero-order valence-corrected chi connectivity index (χ0v) is 11.1. The first-order chi connectivity index (χ1) is 9.17. The van der Waals surface area contributed by atoms with Crippen LogP contribution in [-0.4, -0.2) is 10.4 Å². The lowest BCUT2D eigenvalue weighted by molar-refractivity contribution is 0.0934. The number of benzene rings is 1. The Bertz CT molecular complexity index is 617. The molecule has 0 aliphatic rings. The monoisotopic (exact) mass is 252 g/mol. The average Bonchev–Trinajstić information content (AvgIpc) is 2.94. The second-order valence-corrected chi connectivity index (χ2v) is 4.50. The van der Waals surface area contributed by atoms with Gasteiger partial charge in [0.15, 0.2) is 5.78 Å². The van der Waals surface area contributed by atoms with Crippen molar-refractivity contribution in [3.05, 3.63) is 59.4 Å². The summed E-state index contributed by atoms with van der Waals surface area (Å²) in [6.45, 7) is 3.90. The van der Waals surface area contributed by atoms with Gasteiger partial charge < -0.3 is 4.57 Å². The number of aromatic nitrogens is 1. The van der Waals surface area contributed by atoms with Crippen LogP contribution >= 0.6 is 0 Å². The van der Waals surface area contributed by atoms with Crippen molar-refractivity contribution in [3.63, 3.8) is 0 Å². The van der Waals surface area contributed by atoms with Crippen LogP contribution in [0.1, 0.15) is 41.5 Å². The van der Waals surface area contributed by atoms with Crippen LogP contribution in [0.3, 0.4) is 0 Å². The van der Waals surface area contributed by atoms with Gasteiger partial charge in [-0.1, -0.05) is 31.2 Å². The van der Waals surface area contributed by atoms with Crippen LogP contribution < -0.4 is 0 Å². The van der Waals surface area contributed by atoms with Gasteiger partial charge in [-0.2, -0.15) is 5.26 Å². The number of ketones is 1. The molecule has 19 heavy (non-hydrogen) atoms. The molecule has 3 heteroatoms. The molecule has 0 saturated heterocycles. The molecular formula is C16H16N2O. The molecular weight excluding hydrogens is 236 g/mol. The molecule has 0 radical (unpaired) electrons. The second kappa shape index (κ2) is 5.53. The Morgan fingerprint density at radius 2 is 2.00 bits per heavy atom. The quantitative estimate of drug-likeness (QED) is 0.783. The van der Waals surface area contributed by atoms with Gasteiger partial charge in [-0.05, 0) is 31.0 Å². The van der Waals surface area contributed by atoms with Crippen molar-refractivity contribution in [1.29, 1.82) is 5.26 Å². The van der Waals surface area contributed by atoms with Crippen LogP contribution in [0.4, 0.5) is 0 Å². The van der Waals surface area contributed by atoms with Crippen LogP contribution in [-0.2, 0) is 6.42 Å². The van der Waals surface area contributed by atoms with Crippen LogP contribution in [0.2, 0.25) is 0 Å². The summed E-state index contributed by atoms with van der Waals surface area (Å²) in [5.74, 6) is 0.0235. The summed E-state index contributed by atoms with van der Waals surface area (Å²) >= 11 is 0. The zero-order chi connectivity index (χ0) is 13.8. The summed E-state index contributed by atoms with van der Waals surface area (Å²) in [4.78, 5) is 12.4. The van der Waals surface area contributed by atoms with Crippen molar-refractivity contribution in [1.82, 2.24) is 4.57 Å². The van der Waals surface area contributed by atoms with Gasteiger partial charge in [-0.3, -0.25) is 4.79 Å². The maximum atomic E-state index is 12.4. The molecule has 2 aromatic rings. The van der Waals surface area contributed by atoms with E-state index in [1.165, 1.54) is 5.56 Å². The van der Waals surface area contributed by atoms with E-state index in [9.17, 15) is 4.79 Å². The molecule has 2 rings (SSSR count). The molecule has 0 amide bonds. The number of aryl methyl sites for hydroxylation is 1. The molecule has 0 spiro atoms. The fraction of sp³-hybridized carbons (Fsp3) is 0.250. The summed E-state index contributed by atoms with van der Waals surface area (Å²) in [7, 11) is 0. The second-order valence-electron chi connectivity index (χ2n) is 4.50. The van der Waals surface area contributed by atoms with E-state index < -0.39 is 0 Å². The Morgan fingerprint density at radius 1 is 1.32 bits per heavy atom. The predicted octanol–water partition coefficient (Wildman–Crippen LogP) is 3.37. The molecule has 0 aliphatic carbocycles. The summed E-state index contributed by atoms with van der Waals surface area (Å²) in [6.07, 6.45) is 2.72. The Kier molecular flexibility index (Phi) is 3.82.